The summed E-state index contributed by atoms with van der Waals surface area (Å²) in [6.07, 6.45) is 4.08. The van der Waals surface area contributed by atoms with E-state index in [2.05, 4.69) is 15.0 Å². The molecule has 0 radical (unpaired) electrons. The lowest BCUT2D eigenvalue weighted by molar-refractivity contribution is 0.356. The molecule has 0 spiro atoms. The number of benzene rings is 3. The fourth-order valence-corrected chi connectivity index (χ4v) is 5.82. The van der Waals surface area contributed by atoms with Crippen LogP contribution in [0, 0.1) is 5.82 Å². The molecule has 2 heterocycles. The summed E-state index contributed by atoms with van der Waals surface area (Å²) in [6.45, 7) is 6.82. The number of hydrogen-bond acceptors (Lipinski definition) is 7. The average Bonchev–Trinajstić information content (AvgIpc) is 3.44. The van der Waals surface area contributed by atoms with Gasteiger partial charge in [0.1, 0.15) is 5.69 Å². The highest BCUT2D eigenvalue weighted by molar-refractivity contribution is 7.89. The molecule has 2 N–H and O–H groups in total. The molecule has 0 aliphatic carbocycles. The van der Waals surface area contributed by atoms with Crippen LogP contribution in [-0.4, -0.2) is 48.4 Å². The van der Waals surface area contributed by atoms with E-state index >= 15 is 0 Å². The van der Waals surface area contributed by atoms with Crippen molar-refractivity contribution >= 4 is 26.7 Å². The molecule has 2 aromatic heterocycles. The van der Waals surface area contributed by atoms with E-state index in [0.29, 0.717) is 41.3 Å². The van der Waals surface area contributed by atoms with Crippen LogP contribution in [0.1, 0.15) is 27.2 Å². The van der Waals surface area contributed by atoms with Crippen molar-refractivity contribution in [3.8, 4) is 28.3 Å². The van der Waals surface area contributed by atoms with Crippen molar-refractivity contribution in [3.05, 3.63) is 84.9 Å². The van der Waals surface area contributed by atoms with Gasteiger partial charge in [0.05, 0.1) is 23.2 Å². The highest BCUT2D eigenvalue weighted by Gasteiger charge is 2.22. The Morgan fingerprint density at radius 3 is 2.57 bits per heavy atom. The number of methoxy groups -OCH3 is 1. The number of nitrogens with one attached hydrogen (secondary N) is 2. The van der Waals surface area contributed by atoms with Gasteiger partial charge in [0.2, 0.25) is 16.0 Å². The molecular weight excluding hydrogens is 555 g/mol. The van der Waals surface area contributed by atoms with E-state index < -0.39 is 15.8 Å². The average molecular weight is 589 g/mol. The number of rotatable bonds is 10. The molecule has 9 nitrogen and oxygen atoms in total. The zero-order valence-corrected chi connectivity index (χ0v) is 24.7. The van der Waals surface area contributed by atoms with Gasteiger partial charge in [0, 0.05) is 42.0 Å². The second kappa shape index (κ2) is 11.9. The van der Waals surface area contributed by atoms with Gasteiger partial charge in [-0.2, -0.15) is 5.10 Å². The first-order valence-electron chi connectivity index (χ1n) is 13.6. The van der Waals surface area contributed by atoms with Crippen LogP contribution >= 0.6 is 0 Å². The second-order valence-electron chi connectivity index (χ2n) is 10.8. The zero-order chi connectivity index (χ0) is 29.9. The number of ether oxygens (including phenoxy) is 1. The summed E-state index contributed by atoms with van der Waals surface area (Å²) in [5.41, 5.74) is 2.42. The van der Waals surface area contributed by atoms with Crippen molar-refractivity contribution < 1.29 is 17.5 Å². The van der Waals surface area contributed by atoms with Crippen LogP contribution < -0.4 is 14.8 Å². The first kappa shape index (κ1) is 29.2. The third-order valence-electron chi connectivity index (χ3n) is 6.73. The molecule has 0 unspecified atom stereocenters. The number of fused-ring (bicyclic) bond motifs is 1. The van der Waals surface area contributed by atoms with Crippen LogP contribution in [0.5, 0.6) is 5.75 Å². The van der Waals surface area contributed by atoms with E-state index in [-0.39, 0.29) is 22.7 Å². The fraction of sp³-hybridized carbons (Fsp3) is 0.258. The van der Waals surface area contributed by atoms with E-state index in [1.54, 1.807) is 42.6 Å². The molecule has 0 atom stereocenters. The van der Waals surface area contributed by atoms with E-state index in [4.69, 9.17) is 14.8 Å². The molecule has 42 heavy (non-hydrogen) atoms. The van der Waals surface area contributed by atoms with Crippen molar-refractivity contribution in [1.29, 1.82) is 0 Å². The van der Waals surface area contributed by atoms with E-state index in [9.17, 15) is 12.8 Å². The number of nitrogens with zero attached hydrogens (tertiary/aromatic N) is 4. The summed E-state index contributed by atoms with van der Waals surface area (Å²) in [6, 6.07) is 19.1. The lowest BCUT2D eigenvalue weighted by atomic mass is 10.1. The third kappa shape index (κ3) is 6.27. The largest absolute Gasteiger partial charge is 0.494 e. The molecule has 218 valence electrons. The van der Waals surface area contributed by atoms with Gasteiger partial charge < -0.3 is 10.1 Å². The van der Waals surface area contributed by atoms with Crippen molar-refractivity contribution in [3.63, 3.8) is 0 Å². The maximum atomic E-state index is 14.1. The molecule has 0 aliphatic rings. The van der Waals surface area contributed by atoms with Crippen molar-refractivity contribution in [2.75, 3.05) is 25.5 Å². The SMILES string of the molecule is COc1cc(-c2nn(C(C)(C)C)cc2-c2ccnc(NCCCNS(=O)(=O)c3cccc4ccccc34)n2)ccc1F. The first-order valence-corrected chi connectivity index (χ1v) is 15.0. The van der Waals surface area contributed by atoms with Crippen LogP contribution in [0.25, 0.3) is 33.3 Å². The first-order chi connectivity index (χ1) is 20.1. The van der Waals surface area contributed by atoms with Crippen molar-refractivity contribution in [1.82, 2.24) is 24.5 Å². The Balaban J connectivity index is 1.29. The maximum absolute atomic E-state index is 14.1. The van der Waals surface area contributed by atoms with Crippen molar-refractivity contribution in [2.45, 2.75) is 37.6 Å². The number of halogens is 1. The van der Waals surface area contributed by atoms with Gasteiger partial charge in [-0.25, -0.2) is 27.5 Å². The smallest absolute Gasteiger partial charge is 0.241 e. The maximum Gasteiger partial charge on any atom is 0.241 e. The molecule has 3 aromatic carbocycles. The zero-order valence-electron chi connectivity index (χ0n) is 23.9. The van der Waals surface area contributed by atoms with E-state index in [1.165, 1.54) is 13.2 Å². The summed E-state index contributed by atoms with van der Waals surface area (Å²) >= 11 is 0. The molecule has 0 aliphatic heterocycles. The third-order valence-corrected chi connectivity index (χ3v) is 8.24. The molecule has 11 heteroatoms. The number of anilines is 1. The molecule has 0 fully saturated rings. The van der Waals surface area contributed by atoms with Gasteiger partial charge in [0.15, 0.2) is 11.6 Å². The Labute approximate surface area is 244 Å². The quantitative estimate of drug-likeness (QED) is 0.197. The van der Waals surface area contributed by atoms with Crippen LogP contribution in [0.15, 0.2) is 84.0 Å². The fourth-order valence-electron chi connectivity index (χ4n) is 4.52. The molecule has 5 aromatic rings. The molecule has 0 bridgehead atoms. The molecule has 0 saturated carbocycles. The molecule has 5 rings (SSSR count). The minimum Gasteiger partial charge on any atom is -0.494 e. The number of hydrogen-bond donors (Lipinski definition) is 2. The Morgan fingerprint density at radius 2 is 1.79 bits per heavy atom. The highest BCUT2D eigenvalue weighted by atomic mass is 32.2. The Hall–Kier alpha value is -4.35. The lowest BCUT2D eigenvalue weighted by Gasteiger charge is -2.18. The van der Waals surface area contributed by atoms with Gasteiger partial charge in [-0.3, -0.25) is 4.68 Å². The minimum atomic E-state index is -3.67. The monoisotopic (exact) mass is 588 g/mol. The van der Waals surface area contributed by atoms with E-state index in [0.717, 1.165) is 10.9 Å². The summed E-state index contributed by atoms with van der Waals surface area (Å²) in [5, 5.41) is 9.54. The van der Waals surface area contributed by atoms with Crippen LogP contribution in [-0.2, 0) is 15.6 Å². The van der Waals surface area contributed by atoms with Gasteiger partial charge >= 0.3 is 0 Å². The lowest BCUT2D eigenvalue weighted by Crippen LogP contribution is -2.26. The van der Waals surface area contributed by atoms with Gasteiger partial charge in [-0.05, 0) is 62.9 Å². The highest BCUT2D eigenvalue weighted by Crippen LogP contribution is 2.34. The second-order valence-corrected chi connectivity index (χ2v) is 12.5. The predicted molar refractivity (Wildman–Crippen MR) is 162 cm³/mol. The van der Waals surface area contributed by atoms with Crippen LogP contribution in [0.4, 0.5) is 10.3 Å². The Morgan fingerprint density at radius 1 is 1.00 bits per heavy atom. The van der Waals surface area contributed by atoms with Gasteiger partial charge in [-0.15, -0.1) is 0 Å². The number of sulfonamides is 1. The topological polar surface area (TPSA) is 111 Å². The summed E-state index contributed by atoms with van der Waals surface area (Å²) in [7, 11) is -2.25. The standard InChI is InChI=1S/C31H33FN6O3S/c1-31(2,3)38-20-24(29(37-38)22-13-14-25(32)27(19-22)41-4)26-15-18-34-30(36-26)33-16-8-17-35-42(39,40)28-12-7-10-21-9-5-6-11-23(21)28/h5-7,9-15,18-20,35H,8,16-17H2,1-4H3,(H,33,34,36). The predicted octanol–water partition coefficient (Wildman–Crippen LogP) is 5.84. The molecular formula is C31H33FN6O3S. The molecule has 0 saturated heterocycles. The van der Waals surface area contributed by atoms with E-state index in [1.807, 2.05) is 55.9 Å². The summed E-state index contributed by atoms with van der Waals surface area (Å²) < 4.78 is 49.8. The van der Waals surface area contributed by atoms with Crippen molar-refractivity contribution in [2.24, 2.45) is 0 Å². The van der Waals surface area contributed by atoms with Gasteiger partial charge in [-0.1, -0.05) is 36.4 Å². The van der Waals surface area contributed by atoms with Gasteiger partial charge in [0.25, 0.3) is 0 Å². The van der Waals surface area contributed by atoms with Crippen LogP contribution in [0.3, 0.4) is 0 Å². The Kier molecular flexibility index (Phi) is 8.24. The summed E-state index contributed by atoms with van der Waals surface area (Å²) in [4.78, 5) is 9.28. The number of aromatic nitrogens is 4. The van der Waals surface area contributed by atoms with Crippen LogP contribution in [0.2, 0.25) is 0 Å². The molecule has 0 amide bonds. The Bertz CT molecular complexity index is 1830. The normalized spacial score (nSPS) is 12.0. The summed E-state index contributed by atoms with van der Waals surface area (Å²) in [5.74, 6) is 0.0754. The minimum absolute atomic E-state index is 0.130.